The van der Waals surface area contributed by atoms with E-state index in [0.29, 0.717) is 11.3 Å². The monoisotopic (exact) mass is 224 g/mol. The molecule has 0 saturated heterocycles. The van der Waals surface area contributed by atoms with E-state index in [1.807, 2.05) is 24.3 Å². The maximum atomic E-state index is 8.97. The molecule has 2 rings (SSSR count). The van der Waals surface area contributed by atoms with Gasteiger partial charge in [0.2, 0.25) is 0 Å². The van der Waals surface area contributed by atoms with Crippen LogP contribution in [-0.2, 0) is 6.42 Å². The highest BCUT2D eigenvalue weighted by atomic mass is 16.5. The van der Waals surface area contributed by atoms with Crippen molar-refractivity contribution in [3.63, 3.8) is 0 Å². The second-order valence-corrected chi connectivity index (χ2v) is 3.55. The summed E-state index contributed by atoms with van der Waals surface area (Å²) in [5, 5.41) is 8.97. The van der Waals surface area contributed by atoms with Crippen molar-refractivity contribution in [2.24, 2.45) is 0 Å². The van der Waals surface area contributed by atoms with Gasteiger partial charge in [0.05, 0.1) is 11.8 Å². The lowest BCUT2D eigenvalue weighted by Crippen LogP contribution is -1.92. The predicted octanol–water partition coefficient (Wildman–Crippen LogP) is 3.31. The first kappa shape index (κ1) is 11.2. The van der Waals surface area contributed by atoms with Crippen molar-refractivity contribution in [2.75, 3.05) is 0 Å². The molecular formula is C14H12N2O. The number of aromatic nitrogens is 1. The molecule has 0 bridgehead atoms. The van der Waals surface area contributed by atoms with Gasteiger partial charge in [0.15, 0.2) is 5.75 Å². The Labute approximate surface area is 100 Å². The molecule has 0 aliphatic heterocycles. The summed E-state index contributed by atoms with van der Waals surface area (Å²) < 4.78 is 5.74. The topological polar surface area (TPSA) is 45.9 Å². The van der Waals surface area contributed by atoms with E-state index >= 15 is 0 Å². The minimum Gasteiger partial charge on any atom is -0.454 e. The zero-order chi connectivity index (χ0) is 12.1. The molecule has 3 nitrogen and oxygen atoms in total. The van der Waals surface area contributed by atoms with Gasteiger partial charge in [-0.05, 0) is 24.1 Å². The number of aryl methyl sites for hydroxylation is 1. The Morgan fingerprint density at radius 2 is 2.06 bits per heavy atom. The SMILES string of the molecule is CCc1ccccc1Oc1cnccc1C#N. The van der Waals surface area contributed by atoms with Crippen LogP contribution in [0.4, 0.5) is 0 Å². The van der Waals surface area contributed by atoms with E-state index < -0.39 is 0 Å². The standard InChI is InChI=1S/C14H12N2O/c1-2-11-5-3-4-6-13(11)17-14-10-16-8-7-12(14)9-15/h3-8,10H,2H2,1H3. The largest absolute Gasteiger partial charge is 0.454 e. The van der Waals surface area contributed by atoms with Crippen LogP contribution in [0.5, 0.6) is 11.5 Å². The van der Waals surface area contributed by atoms with Gasteiger partial charge in [-0.2, -0.15) is 5.26 Å². The molecule has 3 heteroatoms. The molecule has 0 atom stereocenters. The Morgan fingerprint density at radius 1 is 1.24 bits per heavy atom. The van der Waals surface area contributed by atoms with Crippen molar-refractivity contribution >= 4 is 0 Å². The van der Waals surface area contributed by atoms with Gasteiger partial charge >= 0.3 is 0 Å². The Morgan fingerprint density at radius 3 is 2.82 bits per heavy atom. The number of rotatable bonds is 3. The van der Waals surface area contributed by atoms with E-state index in [2.05, 4.69) is 18.0 Å². The highest BCUT2D eigenvalue weighted by Crippen LogP contribution is 2.27. The minimum absolute atomic E-state index is 0.492. The number of para-hydroxylation sites is 1. The van der Waals surface area contributed by atoms with Gasteiger partial charge in [0, 0.05) is 6.20 Å². The number of pyridine rings is 1. The van der Waals surface area contributed by atoms with Crippen molar-refractivity contribution in [1.29, 1.82) is 5.26 Å². The Bertz CT molecular complexity index is 558. The van der Waals surface area contributed by atoms with Crippen LogP contribution in [0.15, 0.2) is 42.7 Å². The van der Waals surface area contributed by atoms with Gasteiger partial charge in [0.1, 0.15) is 11.8 Å². The number of nitriles is 1. The molecule has 1 aromatic carbocycles. The van der Waals surface area contributed by atoms with Gasteiger partial charge < -0.3 is 4.74 Å². The van der Waals surface area contributed by atoms with E-state index in [1.54, 1.807) is 18.5 Å². The van der Waals surface area contributed by atoms with Gasteiger partial charge in [0.25, 0.3) is 0 Å². The molecule has 0 amide bonds. The Balaban J connectivity index is 2.35. The van der Waals surface area contributed by atoms with Crippen molar-refractivity contribution in [3.05, 3.63) is 53.9 Å². The van der Waals surface area contributed by atoms with Crippen LogP contribution in [0.3, 0.4) is 0 Å². The second-order valence-electron chi connectivity index (χ2n) is 3.55. The average molecular weight is 224 g/mol. The third kappa shape index (κ3) is 2.43. The van der Waals surface area contributed by atoms with E-state index in [0.717, 1.165) is 17.7 Å². The van der Waals surface area contributed by atoms with Crippen LogP contribution in [-0.4, -0.2) is 4.98 Å². The predicted molar refractivity (Wildman–Crippen MR) is 64.8 cm³/mol. The zero-order valence-electron chi connectivity index (χ0n) is 9.55. The molecule has 1 heterocycles. The maximum absolute atomic E-state index is 8.97. The Kier molecular flexibility index (Phi) is 3.37. The fourth-order valence-electron chi connectivity index (χ4n) is 1.57. The lowest BCUT2D eigenvalue weighted by molar-refractivity contribution is 0.473. The van der Waals surface area contributed by atoms with Gasteiger partial charge in [-0.3, -0.25) is 4.98 Å². The van der Waals surface area contributed by atoms with Crippen LogP contribution in [0.2, 0.25) is 0 Å². The lowest BCUT2D eigenvalue weighted by Gasteiger charge is -2.10. The first-order valence-electron chi connectivity index (χ1n) is 5.45. The fraction of sp³-hybridized carbons (Fsp3) is 0.143. The smallest absolute Gasteiger partial charge is 0.163 e. The van der Waals surface area contributed by atoms with Crippen molar-refractivity contribution < 1.29 is 4.74 Å². The van der Waals surface area contributed by atoms with Crippen LogP contribution < -0.4 is 4.74 Å². The third-order valence-electron chi connectivity index (χ3n) is 2.48. The summed E-state index contributed by atoms with van der Waals surface area (Å²) in [6.45, 7) is 2.07. The number of hydrogen-bond donors (Lipinski definition) is 0. The Hall–Kier alpha value is -2.34. The number of hydrogen-bond acceptors (Lipinski definition) is 3. The van der Waals surface area contributed by atoms with E-state index in [-0.39, 0.29) is 0 Å². The average Bonchev–Trinajstić information content (AvgIpc) is 2.40. The molecule has 84 valence electrons. The van der Waals surface area contributed by atoms with Crippen LogP contribution >= 0.6 is 0 Å². The molecule has 0 aliphatic rings. The van der Waals surface area contributed by atoms with Crippen molar-refractivity contribution in [3.8, 4) is 17.6 Å². The summed E-state index contributed by atoms with van der Waals surface area (Å²) >= 11 is 0. The lowest BCUT2D eigenvalue weighted by atomic mass is 10.1. The molecule has 1 aromatic heterocycles. The number of benzene rings is 1. The van der Waals surface area contributed by atoms with E-state index in [1.165, 1.54) is 0 Å². The molecule has 0 unspecified atom stereocenters. The second kappa shape index (κ2) is 5.13. The highest BCUT2D eigenvalue weighted by Gasteiger charge is 2.06. The molecule has 0 radical (unpaired) electrons. The van der Waals surface area contributed by atoms with Crippen LogP contribution in [0.25, 0.3) is 0 Å². The maximum Gasteiger partial charge on any atom is 0.163 e. The summed E-state index contributed by atoms with van der Waals surface area (Å²) in [6.07, 6.45) is 4.03. The molecular weight excluding hydrogens is 212 g/mol. The third-order valence-corrected chi connectivity index (χ3v) is 2.48. The van der Waals surface area contributed by atoms with Crippen LogP contribution in [0.1, 0.15) is 18.1 Å². The summed E-state index contributed by atoms with van der Waals surface area (Å²) in [4.78, 5) is 3.97. The van der Waals surface area contributed by atoms with Gasteiger partial charge in [-0.1, -0.05) is 25.1 Å². The summed E-state index contributed by atoms with van der Waals surface area (Å²) in [5.41, 5.74) is 1.60. The molecule has 0 aliphatic carbocycles. The zero-order valence-corrected chi connectivity index (χ0v) is 9.55. The molecule has 2 aromatic rings. The van der Waals surface area contributed by atoms with Gasteiger partial charge in [-0.25, -0.2) is 0 Å². The molecule has 0 saturated carbocycles. The molecule has 0 spiro atoms. The van der Waals surface area contributed by atoms with Crippen molar-refractivity contribution in [1.82, 2.24) is 4.98 Å². The molecule has 17 heavy (non-hydrogen) atoms. The fourth-order valence-corrected chi connectivity index (χ4v) is 1.57. The van der Waals surface area contributed by atoms with E-state index in [9.17, 15) is 0 Å². The summed E-state index contributed by atoms with van der Waals surface area (Å²) in [5.74, 6) is 1.27. The number of nitrogens with zero attached hydrogens (tertiary/aromatic N) is 2. The summed E-state index contributed by atoms with van der Waals surface area (Å²) in [7, 11) is 0. The summed E-state index contributed by atoms with van der Waals surface area (Å²) in [6, 6.07) is 11.5. The normalized spacial score (nSPS) is 9.65. The number of ether oxygens (including phenoxy) is 1. The highest BCUT2D eigenvalue weighted by molar-refractivity contribution is 5.44. The first-order chi connectivity index (χ1) is 8.35. The quantitative estimate of drug-likeness (QED) is 0.803. The molecule has 0 fully saturated rings. The molecule has 0 N–H and O–H groups in total. The van der Waals surface area contributed by atoms with Crippen LogP contribution in [0, 0.1) is 11.3 Å². The minimum atomic E-state index is 0.492. The van der Waals surface area contributed by atoms with Crippen molar-refractivity contribution in [2.45, 2.75) is 13.3 Å². The van der Waals surface area contributed by atoms with E-state index in [4.69, 9.17) is 10.00 Å². The first-order valence-corrected chi connectivity index (χ1v) is 5.45. The van der Waals surface area contributed by atoms with Gasteiger partial charge in [-0.15, -0.1) is 0 Å².